The van der Waals surface area contributed by atoms with E-state index in [9.17, 15) is 13.2 Å². The standard InChI is InChI=1S/C15H12ClNO4S/c16-12-8-6-11(7-9-15(18)19)14(10-12)17-22(20,21)13-4-2-1-3-5-13/h1-10,17H,(H,18,19). The van der Waals surface area contributed by atoms with E-state index in [-0.39, 0.29) is 10.6 Å². The number of carbonyl (C=O) groups is 1. The van der Waals surface area contributed by atoms with Crippen molar-refractivity contribution in [2.24, 2.45) is 0 Å². The number of carboxylic acid groups (broad SMARTS) is 1. The zero-order valence-corrected chi connectivity index (χ0v) is 12.8. The van der Waals surface area contributed by atoms with Crippen LogP contribution in [0.25, 0.3) is 6.08 Å². The fraction of sp³-hybridized carbons (Fsp3) is 0. The number of carboxylic acids is 1. The molecule has 2 N–H and O–H groups in total. The van der Waals surface area contributed by atoms with E-state index in [0.717, 1.165) is 6.08 Å². The summed E-state index contributed by atoms with van der Waals surface area (Å²) >= 11 is 5.88. The minimum atomic E-state index is -3.78. The lowest BCUT2D eigenvalue weighted by molar-refractivity contribution is -0.131. The molecule has 0 aliphatic carbocycles. The molecule has 0 atom stereocenters. The first-order valence-corrected chi connectivity index (χ1v) is 8.03. The number of aliphatic carboxylic acids is 1. The molecule has 0 amide bonds. The molecule has 0 fully saturated rings. The SMILES string of the molecule is O=C(O)C=Cc1ccc(Cl)cc1NS(=O)(=O)c1ccccc1. The maximum absolute atomic E-state index is 12.3. The molecule has 0 spiro atoms. The molecule has 0 aliphatic heterocycles. The highest BCUT2D eigenvalue weighted by Gasteiger charge is 2.15. The van der Waals surface area contributed by atoms with Gasteiger partial charge in [-0.05, 0) is 35.9 Å². The number of halogens is 1. The maximum atomic E-state index is 12.3. The monoisotopic (exact) mass is 337 g/mol. The van der Waals surface area contributed by atoms with Crippen molar-refractivity contribution in [2.75, 3.05) is 4.72 Å². The number of sulfonamides is 1. The van der Waals surface area contributed by atoms with Crippen LogP contribution in [-0.2, 0) is 14.8 Å². The number of nitrogens with one attached hydrogen (secondary N) is 1. The molecule has 0 saturated heterocycles. The summed E-state index contributed by atoms with van der Waals surface area (Å²) in [6.45, 7) is 0. The number of anilines is 1. The Bertz CT molecular complexity index is 817. The number of hydrogen-bond donors (Lipinski definition) is 2. The molecular formula is C15H12ClNO4S. The summed E-state index contributed by atoms with van der Waals surface area (Å²) in [5.41, 5.74) is 0.597. The van der Waals surface area contributed by atoms with Crippen molar-refractivity contribution in [3.8, 4) is 0 Å². The third-order valence-corrected chi connectivity index (χ3v) is 4.34. The van der Waals surface area contributed by atoms with Gasteiger partial charge in [0.15, 0.2) is 0 Å². The van der Waals surface area contributed by atoms with Crippen molar-refractivity contribution in [3.63, 3.8) is 0 Å². The summed E-state index contributed by atoms with van der Waals surface area (Å²) in [4.78, 5) is 10.7. The van der Waals surface area contributed by atoms with Crippen LogP contribution in [0.15, 0.2) is 59.5 Å². The molecule has 22 heavy (non-hydrogen) atoms. The van der Waals surface area contributed by atoms with Crippen LogP contribution in [0, 0.1) is 0 Å². The summed E-state index contributed by atoms with van der Waals surface area (Å²) in [5.74, 6) is -1.13. The van der Waals surface area contributed by atoms with Gasteiger partial charge in [-0.25, -0.2) is 13.2 Å². The second kappa shape index (κ2) is 6.64. The van der Waals surface area contributed by atoms with Crippen LogP contribution >= 0.6 is 11.6 Å². The average Bonchev–Trinajstić information content (AvgIpc) is 2.47. The Morgan fingerprint density at radius 1 is 1.14 bits per heavy atom. The first-order chi connectivity index (χ1) is 10.4. The molecule has 2 aromatic carbocycles. The van der Waals surface area contributed by atoms with Crippen LogP contribution in [-0.4, -0.2) is 19.5 Å². The van der Waals surface area contributed by atoms with Gasteiger partial charge in [0.25, 0.3) is 10.0 Å². The van der Waals surface area contributed by atoms with E-state index in [1.165, 1.54) is 30.3 Å². The van der Waals surface area contributed by atoms with Gasteiger partial charge in [-0.1, -0.05) is 35.9 Å². The van der Waals surface area contributed by atoms with Crippen LogP contribution in [0.4, 0.5) is 5.69 Å². The molecule has 7 heteroatoms. The number of rotatable bonds is 5. The molecule has 0 heterocycles. The Labute approximate surface area is 132 Å². The predicted octanol–water partition coefficient (Wildman–Crippen LogP) is 3.24. The number of hydrogen-bond acceptors (Lipinski definition) is 3. The Balaban J connectivity index is 2.40. The van der Waals surface area contributed by atoms with Crippen LogP contribution in [0.1, 0.15) is 5.56 Å². The zero-order valence-electron chi connectivity index (χ0n) is 11.2. The van der Waals surface area contributed by atoms with Gasteiger partial charge in [0.05, 0.1) is 10.6 Å². The Morgan fingerprint density at radius 3 is 2.45 bits per heavy atom. The van der Waals surface area contributed by atoms with E-state index in [1.807, 2.05) is 0 Å². The van der Waals surface area contributed by atoms with Crippen LogP contribution < -0.4 is 4.72 Å². The fourth-order valence-corrected chi connectivity index (χ4v) is 3.00. The predicted molar refractivity (Wildman–Crippen MR) is 85.4 cm³/mol. The summed E-state index contributed by atoms with van der Waals surface area (Å²) in [6.07, 6.45) is 2.21. The van der Waals surface area contributed by atoms with Gasteiger partial charge in [0, 0.05) is 11.1 Å². The normalized spacial score (nSPS) is 11.5. The Kier molecular flexibility index (Phi) is 4.85. The lowest BCUT2D eigenvalue weighted by Gasteiger charge is -2.11. The van der Waals surface area contributed by atoms with Crippen LogP contribution in [0.3, 0.4) is 0 Å². The zero-order chi connectivity index (χ0) is 16.2. The van der Waals surface area contributed by atoms with E-state index in [2.05, 4.69) is 4.72 Å². The smallest absolute Gasteiger partial charge is 0.328 e. The van der Waals surface area contributed by atoms with Crippen molar-refractivity contribution in [1.82, 2.24) is 0 Å². The largest absolute Gasteiger partial charge is 0.478 e. The van der Waals surface area contributed by atoms with E-state index >= 15 is 0 Å². The molecule has 0 saturated carbocycles. The minimum Gasteiger partial charge on any atom is -0.478 e. The van der Waals surface area contributed by atoms with Gasteiger partial charge in [0.1, 0.15) is 0 Å². The molecule has 0 radical (unpaired) electrons. The summed E-state index contributed by atoms with van der Waals surface area (Å²) < 4.78 is 27.0. The molecule has 5 nitrogen and oxygen atoms in total. The third kappa shape index (κ3) is 4.09. The highest BCUT2D eigenvalue weighted by atomic mass is 35.5. The second-order valence-electron chi connectivity index (χ2n) is 4.32. The lowest BCUT2D eigenvalue weighted by atomic mass is 10.1. The summed E-state index contributed by atoms with van der Waals surface area (Å²) in [7, 11) is -3.78. The highest BCUT2D eigenvalue weighted by Crippen LogP contribution is 2.25. The summed E-state index contributed by atoms with van der Waals surface area (Å²) in [6, 6.07) is 12.3. The van der Waals surface area contributed by atoms with Crippen molar-refractivity contribution in [1.29, 1.82) is 0 Å². The van der Waals surface area contributed by atoms with Gasteiger partial charge in [-0.3, -0.25) is 4.72 Å². The average molecular weight is 338 g/mol. The molecule has 0 unspecified atom stereocenters. The lowest BCUT2D eigenvalue weighted by Crippen LogP contribution is -2.13. The molecule has 2 rings (SSSR count). The fourth-order valence-electron chi connectivity index (χ4n) is 1.73. The van der Waals surface area contributed by atoms with E-state index in [1.54, 1.807) is 24.3 Å². The summed E-state index contributed by atoms with van der Waals surface area (Å²) in [5, 5.41) is 9.01. The van der Waals surface area contributed by atoms with Gasteiger partial charge >= 0.3 is 5.97 Å². The molecule has 2 aromatic rings. The van der Waals surface area contributed by atoms with Crippen molar-refractivity contribution in [3.05, 3.63) is 65.2 Å². The van der Waals surface area contributed by atoms with Gasteiger partial charge in [-0.2, -0.15) is 0 Å². The van der Waals surface area contributed by atoms with E-state index in [0.29, 0.717) is 10.6 Å². The van der Waals surface area contributed by atoms with Crippen molar-refractivity contribution in [2.45, 2.75) is 4.90 Å². The molecule has 0 aromatic heterocycles. The van der Waals surface area contributed by atoms with Gasteiger partial charge < -0.3 is 5.11 Å². The number of benzene rings is 2. The quantitative estimate of drug-likeness (QED) is 0.820. The van der Waals surface area contributed by atoms with Crippen LogP contribution in [0.2, 0.25) is 5.02 Å². The van der Waals surface area contributed by atoms with Gasteiger partial charge in [0.2, 0.25) is 0 Å². The molecule has 0 aliphatic rings. The minimum absolute atomic E-state index is 0.100. The topological polar surface area (TPSA) is 83.5 Å². The second-order valence-corrected chi connectivity index (χ2v) is 6.44. The van der Waals surface area contributed by atoms with Crippen molar-refractivity contribution < 1.29 is 18.3 Å². The van der Waals surface area contributed by atoms with Crippen LogP contribution in [0.5, 0.6) is 0 Å². The maximum Gasteiger partial charge on any atom is 0.328 e. The highest BCUT2D eigenvalue weighted by molar-refractivity contribution is 7.92. The third-order valence-electron chi connectivity index (χ3n) is 2.72. The molecule has 114 valence electrons. The molecule has 0 bridgehead atoms. The Hall–Kier alpha value is -2.31. The van der Waals surface area contributed by atoms with Crippen molar-refractivity contribution >= 4 is 39.4 Å². The molecular weight excluding hydrogens is 326 g/mol. The van der Waals surface area contributed by atoms with Gasteiger partial charge in [-0.15, -0.1) is 0 Å². The first kappa shape index (κ1) is 16.1. The first-order valence-electron chi connectivity index (χ1n) is 6.17. The Morgan fingerprint density at radius 2 is 1.82 bits per heavy atom. The van der Waals surface area contributed by atoms with E-state index < -0.39 is 16.0 Å². The van der Waals surface area contributed by atoms with E-state index in [4.69, 9.17) is 16.7 Å².